The van der Waals surface area contributed by atoms with Crippen molar-refractivity contribution in [3.63, 3.8) is 0 Å². The fourth-order valence-corrected chi connectivity index (χ4v) is 1.34. The summed E-state index contributed by atoms with van der Waals surface area (Å²) in [6.07, 6.45) is 0. The molecular weight excluding hydrogens is 248 g/mol. The van der Waals surface area contributed by atoms with Crippen LogP contribution in [0.25, 0.3) is 0 Å². The maximum Gasteiger partial charge on any atom is 0.325 e. The van der Waals surface area contributed by atoms with Gasteiger partial charge in [-0.1, -0.05) is 18.2 Å². The summed E-state index contributed by atoms with van der Waals surface area (Å²) in [5.41, 5.74) is 0.438. The molecule has 2 atom stereocenters. The van der Waals surface area contributed by atoms with Gasteiger partial charge >= 0.3 is 5.97 Å². The van der Waals surface area contributed by atoms with Gasteiger partial charge in [0.15, 0.2) is 0 Å². The summed E-state index contributed by atoms with van der Waals surface area (Å²) in [5.74, 6) is -2.06. The number of nitrogens with one attached hydrogen (secondary N) is 2. The fourth-order valence-electron chi connectivity index (χ4n) is 1.34. The highest BCUT2D eigenvalue weighted by Crippen LogP contribution is 1.99. The Morgan fingerprint density at radius 3 is 2.11 bits per heavy atom. The average Bonchev–Trinajstić information content (AvgIpc) is 2.39. The van der Waals surface area contributed by atoms with Crippen molar-refractivity contribution in [3.8, 4) is 0 Å². The number of benzene rings is 1. The lowest BCUT2D eigenvalue weighted by Crippen LogP contribution is -2.49. The molecule has 0 bridgehead atoms. The second-order valence-electron chi connectivity index (χ2n) is 4.13. The molecule has 0 aliphatic rings. The Kier molecular flexibility index (Phi) is 5.05. The third-order valence-electron chi connectivity index (χ3n) is 2.51. The van der Waals surface area contributed by atoms with Gasteiger partial charge in [0.2, 0.25) is 5.91 Å². The zero-order valence-electron chi connectivity index (χ0n) is 10.7. The van der Waals surface area contributed by atoms with Crippen molar-refractivity contribution in [2.24, 2.45) is 0 Å². The van der Waals surface area contributed by atoms with E-state index < -0.39 is 24.0 Å². The Morgan fingerprint density at radius 2 is 1.58 bits per heavy atom. The van der Waals surface area contributed by atoms with E-state index in [2.05, 4.69) is 10.6 Å². The Morgan fingerprint density at radius 1 is 1.00 bits per heavy atom. The molecule has 0 saturated heterocycles. The standard InChI is InChI=1S/C13H16N2O4/c1-8(11(16)15-9(2)13(18)19)14-12(17)10-6-4-3-5-7-10/h3-9H,1-2H3,(H,14,17)(H,15,16)(H,18,19)/t8?,9-/m1/s1. The highest BCUT2D eigenvalue weighted by Gasteiger charge is 2.20. The van der Waals surface area contributed by atoms with Crippen molar-refractivity contribution < 1.29 is 19.5 Å². The molecule has 2 amide bonds. The van der Waals surface area contributed by atoms with Crippen LogP contribution in [0.5, 0.6) is 0 Å². The van der Waals surface area contributed by atoms with E-state index in [4.69, 9.17) is 5.11 Å². The Labute approximate surface area is 110 Å². The molecule has 0 aromatic heterocycles. The van der Waals surface area contributed by atoms with E-state index in [1.165, 1.54) is 13.8 Å². The molecule has 3 N–H and O–H groups in total. The first-order chi connectivity index (χ1) is 8.91. The van der Waals surface area contributed by atoms with E-state index in [0.29, 0.717) is 5.56 Å². The predicted molar refractivity (Wildman–Crippen MR) is 68.6 cm³/mol. The van der Waals surface area contributed by atoms with Crippen LogP contribution < -0.4 is 10.6 Å². The van der Waals surface area contributed by atoms with Crippen LogP contribution in [0.1, 0.15) is 24.2 Å². The molecular formula is C13H16N2O4. The molecule has 6 heteroatoms. The van der Waals surface area contributed by atoms with Crippen molar-refractivity contribution in [1.82, 2.24) is 10.6 Å². The lowest BCUT2D eigenvalue weighted by atomic mass is 10.2. The topological polar surface area (TPSA) is 95.5 Å². The lowest BCUT2D eigenvalue weighted by Gasteiger charge is -2.16. The van der Waals surface area contributed by atoms with Gasteiger partial charge in [0.05, 0.1) is 0 Å². The van der Waals surface area contributed by atoms with Gasteiger partial charge in [-0.3, -0.25) is 14.4 Å². The largest absolute Gasteiger partial charge is 0.480 e. The third-order valence-corrected chi connectivity index (χ3v) is 2.51. The minimum atomic E-state index is -1.13. The molecule has 1 aromatic carbocycles. The number of hydrogen-bond donors (Lipinski definition) is 3. The van der Waals surface area contributed by atoms with Crippen molar-refractivity contribution in [1.29, 1.82) is 0 Å². The van der Waals surface area contributed by atoms with E-state index >= 15 is 0 Å². The molecule has 0 radical (unpaired) electrons. The van der Waals surface area contributed by atoms with Crippen LogP contribution in [0.3, 0.4) is 0 Å². The maximum absolute atomic E-state index is 11.8. The first kappa shape index (κ1) is 14.7. The molecule has 1 unspecified atom stereocenters. The molecule has 0 aliphatic heterocycles. The SMILES string of the molecule is CC(NC(=O)c1ccccc1)C(=O)N[C@H](C)C(=O)O. The highest BCUT2D eigenvalue weighted by atomic mass is 16.4. The Hall–Kier alpha value is -2.37. The third kappa shape index (κ3) is 4.42. The van der Waals surface area contributed by atoms with Crippen molar-refractivity contribution in [2.45, 2.75) is 25.9 Å². The molecule has 1 rings (SSSR count). The number of hydrogen-bond acceptors (Lipinski definition) is 3. The van der Waals surface area contributed by atoms with Crippen LogP contribution in [-0.4, -0.2) is 35.0 Å². The van der Waals surface area contributed by atoms with Gasteiger partial charge in [0, 0.05) is 5.56 Å². The fraction of sp³-hybridized carbons (Fsp3) is 0.308. The number of amides is 2. The number of carboxylic acid groups (broad SMARTS) is 1. The monoisotopic (exact) mass is 264 g/mol. The molecule has 0 heterocycles. The summed E-state index contributed by atoms with van der Waals surface area (Å²) in [7, 11) is 0. The van der Waals surface area contributed by atoms with Gasteiger partial charge in [-0.2, -0.15) is 0 Å². The van der Waals surface area contributed by atoms with E-state index in [0.717, 1.165) is 0 Å². The first-order valence-electron chi connectivity index (χ1n) is 5.81. The van der Waals surface area contributed by atoms with Gasteiger partial charge in [-0.05, 0) is 26.0 Å². The summed E-state index contributed by atoms with van der Waals surface area (Å²) in [6, 6.07) is 6.65. The minimum absolute atomic E-state index is 0.383. The van der Waals surface area contributed by atoms with Crippen LogP contribution in [0.4, 0.5) is 0 Å². The summed E-state index contributed by atoms with van der Waals surface area (Å²) in [5, 5.41) is 13.4. The summed E-state index contributed by atoms with van der Waals surface area (Å²) in [4.78, 5) is 34.0. The zero-order valence-corrected chi connectivity index (χ0v) is 10.7. The average molecular weight is 264 g/mol. The summed E-state index contributed by atoms with van der Waals surface area (Å²) < 4.78 is 0. The van der Waals surface area contributed by atoms with Crippen LogP contribution in [0.15, 0.2) is 30.3 Å². The predicted octanol–water partition coefficient (Wildman–Crippen LogP) is 0.394. The summed E-state index contributed by atoms with van der Waals surface area (Å²) in [6.45, 7) is 2.84. The Bertz CT molecular complexity index is 473. The smallest absolute Gasteiger partial charge is 0.325 e. The van der Waals surface area contributed by atoms with Crippen LogP contribution >= 0.6 is 0 Å². The molecule has 0 spiro atoms. The van der Waals surface area contributed by atoms with E-state index in [9.17, 15) is 14.4 Å². The van der Waals surface area contributed by atoms with Gasteiger partial charge in [-0.15, -0.1) is 0 Å². The van der Waals surface area contributed by atoms with Gasteiger partial charge in [0.25, 0.3) is 5.91 Å². The van der Waals surface area contributed by atoms with Gasteiger partial charge in [-0.25, -0.2) is 0 Å². The minimum Gasteiger partial charge on any atom is -0.480 e. The van der Waals surface area contributed by atoms with Crippen molar-refractivity contribution in [2.75, 3.05) is 0 Å². The molecule has 0 fully saturated rings. The van der Waals surface area contributed by atoms with Crippen LogP contribution in [0.2, 0.25) is 0 Å². The van der Waals surface area contributed by atoms with Gasteiger partial charge < -0.3 is 15.7 Å². The number of rotatable bonds is 5. The van der Waals surface area contributed by atoms with Crippen molar-refractivity contribution >= 4 is 17.8 Å². The molecule has 1 aromatic rings. The number of carboxylic acids is 1. The number of aliphatic carboxylic acids is 1. The second-order valence-corrected chi connectivity index (χ2v) is 4.13. The second kappa shape index (κ2) is 6.53. The number of carbonyl (C=O) groups is 3. The Balaban J connectivity index is 2.55. The zero-order chi connectivity index (χ0) is 14.4. The van der Waals surface area contributed by atoms with E-state index in [1.54, 1.807) is 30.3 Å². The van der Waals surface area contributed by atoms with Gasteiger partial charge in [0.1, 0.15) is 12.1 Å². The normalized spacial score (nSPS) is 13.2. The van der Waals surface area contributed by atoms with E-state index in [-0.39, 0.29) is 5.91 Å². The summed E-state index contributed by atoms with van der Waals surface area (Å²) >= 11 is 0. The molecule has 0 saturated carbocycles. The van der Waals surface area contributed by atoms with Crippen LogP contribution in [0, 0.1) is 0 Å². The first-order valence-corrected chi connectivity index (χ1v) is 5.81. The molecule has 0 aliphatic carbocycles. The quantitative estimate of drug-likeness (QED) is 0.717. The maximum atomic E-state index is 11.8. The lowest BCUT2D eigenvalue weighted by molar-refractivity contribution is -0.141. The van der Waals surface area contributed by atoms with Crippen molar-refractivity contribution in [3.05, 3.63) is 35.9 Å². The number of carbonyl (C=O) groups excluding carboxylic acids is 2. The molecule has 6 nitrogen and oxygen atoms in total. The van der Waals surface area contributed by atoms with E-state index in [1.807, 2.05) is 0 Å². The molecule has 102 valence electrons. The molecule has 19 heavy (non-hydrogen) atoms. The van der Waals surface area contributed by atoms with Crippen LogP contribution in [-0.2, 0) is 9.59 Å². The highest BCUT2D eigenvalue weighted by molar-refractivity contribution is 5.97.